The molecule has 0 saturated heterocycles. The maximum absolute atomic E-state index is 5.88. The number of benzene rings is 1. The molecule has 2 rings (SSSR count). The lowest BCUT2D eigenvalue weighted by Gasteiger charge is -2.25. The van der Waals surface area contributed by atoms with E-state index in [0.717, 1.165) is 23.5 Å². The zero-order valence-corrected chi connectivity index (χ0v) is 11.2. The first-order valence-corrected chi connectivity index (χ1v) is 6.20. The van der Waals surface area contributed by atoms with Crippen molar-refractivity contribution >= 4 is 21.6 Å². The van der Waals surface area contributed by atoms with Gasteiger partial charge in [-0.2, -0.15) is 10.2 Å². The molecule has 0 spiro atoms. The second-order valence-corrected chi connectivity index (χ2v) is 5.94. The number of nitrogens with zero attached hydrogens (tertiary/aromatic N) is 2. The molecule has 1 aromatic rings. The monoisotopic (exact) mass is 291 g/mol. The maximum Gasteiger partial charge on any atom is 0.0856 e. The number of nitrogens with two attached hydrogens (primary N) is 1. The zero-order chi connectivity index (χ0) is 12.3. The van der Waals surface area contributed by atoms with Gasteiger partial charge in [0.25, 0.3) is 0 Å². The van der Waals surface area contributed by atoms with Crippen LogP contribution in [0.3, 0.4) is 0 Å². The van der Waals surface area contributed by atoms with Gasteiger partial charge in [0, 0.05) is 12.1 Å². The molecule has 0 heterocycles. The fourth-order valence-electron chi connectivity index (χ4n) is 1.55. The van der Waals surface area contributed by atoms with Gasteiger partial charge >= 0.3 is 0 Å². The van der Waals surface area contributed by atoms with Crippen LogP contribution in [0.5, 0.6) is 0 Å². The van der Waals surface area contributed by atoms with Gasteiger partial charge in [0.1, 0.15) is 0 Å². The second-order valence-electron chi connectivity index (χ2n) is 4.19. The third-order valence-electron chi connectivity index (χ3n) is 2.62. The number of hydrogen-bond acceptors (Lipinski definition) is 3. The van der Waals surface area contributed by atoms with Gasteiger partial charge < -0.3 is 5.73 Å². The highest BCUT2D eigenvalue weighted by Gasteiger charge is 2.27. The van der Waals surface area contributed by atoms with E-state index in [1.807, 2.05) is 49.4 Å². The topological polar surface area (TPSA) is 50.7 Å². The number of allylic oxidation sites excluding steroid dienone is 4. The molecule has 3 nitrogen and oxygen atoms in total. The van der Waals surface area contributed by atoms with Crippen LogP contribution in [0.1, 0.15) is 13.3 Å². The van der Waals surface area contributed by atoms with E-state index in [9.17, 15) is 0 Å². The predicted octanol–water partition coefficient (Wildman–Crippen LogP) is 4.05. The largest absolute Gasteiger partial charge is 0.401 e. The van der Waals surface area contributed by atoms with Crippen LogP contribution >= 0.6 is 15.9 Å². The Balaban J connectivity index is 2.14. The number of hydrogen-bond donors (Lipinski definition) is 1. The molecule has 0 saturated carbocycles. The van der Waals surface area contributed by atoms with Crippen molar-refractivity contribution in [3.63, 3.8) is 0 Å². The van der Waals surface area contributed by atoms with Gasteiger partial charge in [0.05, 0.1) is 15.7 Å². The Kier molecular flexibility index (Phi) is 3.43. The van der Waals surface area contributed by atoms with Gasteiger partial charge in [-0.25, -0.2) is 0 Å². The molecule has 0 aromatic heterocycles. The van der Waals surface area contributed by atoms with Crippen molar-refractivity contribution in [3.05, 3.63) is 53.9 Å². The molecule has 0 aliphatic heterocycles. The molecule has 1 aliphatic carbocycles. The number of rotatable bonds is 2. The van der Waals surface area contributed by atoms with Crippen molar-refractivity contribution in [1.29, 1.82) is 0 Å². The van der Waals surface area contributed by atoms with Crippen molar-refractivity contribution < 1.29 is 0 Å². The minimum Gasteiger partial charge on any atom is -0.401 e. The Bertz CT molecular complexity index is 487. The summed E-state index contributed by atoms with van der Waals surface area (Å²) in [5.74, 6) is 0. The van der Waals surface area contributed by atoms with E-state index in [1.165, 1.54) is 0 Å². The number of azo groups is 1. The van der Waals surface area contributed by atoms with Gasteiger partial charge in [0.2, 0.25) is 0 Å². The highest BCUT2D eigenvalue weighted by molar-refractivity contribution is 9.10. The van der Waals surface area contributed by atoms with Crippen LogP contribution < -0.4 is 5.73 Å². The second kappa shape index (κ2) is 4.84. The Morgan fingerprint density at radius 3 is 2.53 bits per heavy atom. The molecule has 17 heavy (non-hydrogen) atoms. The Morgan fingerprint density at radius 2 is 1.88 bits per heavy atom. The summed E-state index contributed by atoms with van der Waals surface area (Å²) in [6, 6.07) is 9.68. The molecular formula is C13H14BrN3. The fraction of sp³-hybridized carbons (Fsp3) is 0.231. The molecule has 4 heteroatoms. The van der Waals surface area contributed by atoms with Gasteiger partial charge in [-0.1, -0.05) is 34.1 Å². The van der Waals surface area contributed by atoms with Crippen LogP contribution in [0.15, 0.2) is 64.1 Å². The summed E-state index contributed by atoms with van der Waals surface area (Å²) in [5, 5.41) is 8.43. The van der Waals surface area contributed by atoms with Crippen LogP contribution in [0, 0.1) is 0 Å². The van der Waals surface area contributed by atoms with Crippen molar-refractivity contribution in [2.45, 2.75) is 17.7 Å². The smallest absolute Gasteiger partial charge is 0.0856 e. The van der Waals surface area contributed by atoms with Gasteiger partial charge in [-0.15, -0.1) is 0 Å². The SMILES string of the molecule is CC1(Br)CC(N=Nc2ccccc2)=CC=C1N. The van der Waals surface area contributed by atoms with Crippen molar-refractivity contribution in [1.82, 2.24) is 0 Å². The molecule has 1 aromatic carbocycles. The van der Waals surface area contributed by atoms with Gasteiger partial charge in [0.15, 0.2) is 0 Å². The van der Waals surface area contributed by atoms with E-state index in [0.29, 0.717) is 0 Å². The first-order valence-electron chi connectivity index (χ1n) is 5.40. The summed E-state index contributed by atoms with van der Waals surface area (Å²) in [6.07, 6.45) is 4.52. The zero-order valence-electron chi connectivity index (χ0n) is 9.60. The summed E-state index contributed by atoms with van der Waals surface area (Å²) in [5.41, 5.74) is 8.47. The molecule has 0 radical (unpaired) electrons. The number of halogens is 1. The molecule has 2 N–H and O–H groups in total. The molecule has 0 fully saturated rings. The summed E-state index contributed by atoms with van der Waals surface area (Å²) in [7, 11) is 0. The normalized spacial score (nSPS) is 24.6. The highest BCUT2D eigenvalue weighted by Crippen LogP contribution is 2.35. The summed E-state index contributed by atoms with van der Waals surface area (Å²) < 4.78 is -0.215. The standard InChI is InChI=1S/C13H14BrN3/c1-13(14)9-11(7-8-12(13)15)17-16-10-5-3-2-4-6-10/h2-8H,9,15H2,1H3. The van der Waals surface area contributed by atoms with Crippen molar-refractivity contribution in [2.75, 3.05) is 0 Å². The van der Waals surface area contributed by atoms with E-state index in [4.69, 9.17) is 5.73 Å². The van der Waals surface area contributed by atoms with E-state index in [1.54, 1.807) is 0 Å². The Morgan fingerprint density at radius 1 is 1.18 bits per heavy atom. The summed E-state index contributed by atoms with van der Waals surface area (Å²) in [6.45, 7) is 2.03. The van der Waals surface area contributed by atoms with Crippen LogP contribution in [0.2, 0.25) is 0 Å². The maximum atomic E-state index is 5.88. The van der Waals surface area contributed by atoms with Gasteiger partial charge in [-0.3, -0.25) is 0 Å². The first-order chi connectivity index (χ1) is 8.08. The lowest BCUT2D eigenvalue weighted by Crippen LogP contribution is -2.27. The molecule has 1 unspecified atom stereocenters. The van der Waals surface area contributed by atoms with E-state index in [-0.39, 0.29) is 4.32 Å². The fourth-order valence-corrected chi connectivity index (χ4v) is 1.97. The average molecular weight is 292 g/mol. The molecule has 88 valence electrons. The van der Waals surface area contributed by atoms with Crippen molar-refractivity contribution in [3.8, 4) is 0 Å². The third-order valence-corrected chi connectivity index (χ3v) is 3.36. The quantitative estimate of drug-likeness (QED) is 0.648. The lowest BCUT2D eigenvalue weighted by molar-refractivity contribution is 0.711. The minimum atomic E-state index is -0.215. The molecule has 0 amide bonds. The predicted molar refractivity (Wildman–Crippen MR) is 73.3 cm³/mol. The van der Waals surface area contributed by atoms with Crippen LogP contribution in [0.4, 0.5) is 5.69 Å². The Labute approximate surface area is 109 Å². The lowest BCUT2D eigenvalue weighted by atomic mass is 9.97. The van der Waals surface area contributed by atoms with Crippen LogP contribution in [-0.4, -0.2) is 4.32 Å². The van der Waals surface area contributed by atoms with Crippen LogP contribution in [0.25, 0.3) is 0 Å². The summed E-state index contributed by atoms with van der Waals surface area (Å²) >= 11 is 3.59. The molecule has 0 bridgehead atoms. The van der Waals surface area contributed by atoms with E-state index >= 15 is 0 Å². The van der Waals surface area contributed by atoms with E-state index in [2.05, 4.69) is 26.2 Å². The van der Waals surface area contributed by atoms with Crippen LogP contribution in [-0.2, 0) is 0 Å². The molecular weight excluding hydrogens is 278 g/mol. The Hall–Kier alpha value is -1.42. The molecule has 1 aliphatic rings. The minimum absolute atomic E-state index is 0.215. The highest BCUT2D eigenvalue weighted by atomic mass is 79.9. The summed E-state index contributed by atoms with van der Waals surface area (Å²) in [4.78, 5) is 0. The van der Waals surface area contributed by atoms with Gasteiger partial charge in [-0.05, 0) is 31.2 Å². The third kappa shape index (κ3) is 3.03. The first kappa shape index (κ1) is 12.0. The van der Waals surface area contributed by atoms with E-state index < -0.39 is 0 Å². The average Bonchev–Trinajstić information content (AvgIpc) is 2.32. The number of alkyl halides is 1. The molecule has 1 atom stereocenters. The van der Waals surface area contributed by atoms with Crippen molar-refractivity contribution in [2.24, 2.45) is 16.0 Å².